The summed E-state index contributed by atoms with van der Waals surface area (Å²) in [6.07, 6.45) is 3.67. The quantitative estimate of drug-likeness (QED) is 0.582. The standard InChI is InChI=1S/C13H21N5/c1-9-8-10(2)16-13(15-9)17-12(14)18-7-5-4-6-11(18)3/h8,11H,4-7H2,1-3H3,(H2,14,15,16,17)/p+1/t11-/m0/s1. The Hall–Kier alpha value is -1.65. The van der Waals surface area contributed by atoms with Crippen molar-refractivity contribution in [2.75, 3.05) is 11.9 Å². The molecule has 1 atom stereocenters. The van der Waals surface area contributed by atoms with E-state index >= 15 is 0 Å². The van der Waals surface area contributed by atoms with Gasteiger partial charge in [-0.05, 0) is 46.1 Å². The second kappa shape index (κ2) is 5.33. The van der Waals surface area contributed by atoms with Crippen LogP contribution in [-0.2, 0) is 0 Å². The Morgan fingerprint density at radius 1 is 1.33 bits per heavy atom. The highest BCUT2D eigenvalue weighted by atomic mass is 15.3. The van der Waals surface area contributed by atoms with Crippen molar-refractivity contribution >= 4 is 11.9 Å². The van der Waals surface area contributed by atoms with Crippen molar-refractivity contribution < 1.29 is 4.58 Å². The zero-order valence-corrected chi connectivity index (χ0v) is 11.4. The van der Waals surface area contributed by atoms with E-state index in [-0.39, 0.29) is 0 Å². The van der Waals surface area contributed by atoms with Gasteiger partial charge in [0.25, 0.3) is 5.95 Å². The molecule has 1 aromatic rings. The highest BCUT2D eigenvalue weighted by Gasteiger charge is 2.20. The van der Waals surface area contributed by atoms with E-state index < -0.39 is 0 Å². The van der Waals surface area contributed by atoms with E-state index in [0.29, 0.717) is 17.9 Å². The lowest BCUT2D eigenvalue weighted by Crippen LogP contribution is -2.42. The average Bonchev–Trinajstić information content (AvgIpc) is 2.27. The number of anilines is 1. The second-order valence-corrected chi connectivity index (χ2v) is 5.02. The maximum atomic E-state index is 6.12. The van der Waals surface area contributed by atoms with Gasteiger partial charge in [0.2, 0.25) is 0 Å². The van der Waals surface area contributed by atoms with Crippen LogP contribution in [-0.4, -0.2) is 33.1 Å². The normalized spacial score (nSPS) is 22.7. The zero-order chi connectivity index (χ0) is 13.1. The van der Waals surface area contributed by atoms with Crippen LogP contribution in [0.4, 0.5) is 5.95 Å². The molecule has 2 heterocycles. The van der Waals surface area contributed by atoms with Gasteiger partial charge in [-0.3, -0.25) is 10.3 Å². The third kappa shape index (κ3) is 2.97. The second-order valence-electron chi connectivity index (χ2n) is 5.02. The number of aromatic nitrogens is 2. The number of hydrogen-bond acceptors (Lipinski definition) is 2. The first-order valence-corrected chi connectivity index (χ1v) is 6.54. The topological polar surface area (TPSA) is 66.8 Å². The number of aryl methyl sites for hydroxylation is 2. The van der Waals surface area contributed by atoms with Crippen molar-refractivity contribution in [3.63, 3.8) is 0 Å². The maximum Gasteiger partial charge on any atom is 0.351 e. The van der Waals surface area contributed by atoms with Gasteiger partial charge >= 0.3 is 5.96 Å². The fraction of sp³-hybridized carbons (Fsp3) is 0.615. The van der Waals surface area contributed by atoms with Crippen LogP contribution in [0.5, 0.6) is 0 Å². The van der Waals surface area contributed by atoms with Crippen molar-refractivity contribution in [1.29, 1.82) is 0 Å². The monoisotopic (exact) mass is 248 g/mol. The number of nitrogens with zero attached hydrogens (tertiary/aromatic N) is 3. The SMILES string of the molecule is Cc1cc(C)nc(NC(N)=[N+]2CCCC[C@@H]2C)n1. The Morgan fingerprint density at radius 2 is 2.00 bits per heavy atom. The molecule has 0 radical (unpaired) electrons. The Bertz CT molecular complexity index is 446. The van der Waals surface area contributed by atoms with E-state index in [1.165, 1.54) is 19.3 Å². The number of piperidine rings is 1. The molecular weight excluding hydrogens is 226 g/mol. The van der Waals surface area contributed by atoms with Gasteiger partial charge in [0.1, 0.15) is 0 Å². The van der Waals surface area contributed by atoms with Crippen molar-refractivity contribution in [2.45, 2.75) is 46.1 Å². The number of hydrogen-bond donors (Lipinski definition) is 2. The van der Waals surface area contributed by atoms with Crippen molar-refractivity contribution in [2.24, 2.45) is 5.73 Å². The van der Waals surface area contributed by atoms with Crippen LogP contribution in [0.15, 0.2) is 6.07 Å². The minimum absolute atomic E-state index is 0.483. The van der Waals surface area contributed by atoms with Crippen LogP contribution >= 0.6 is 0 Å². The van der Waals surface area contributed by atoms with E-state index in [9.17, 15) is 0 Å². The summed E-state index contributed by atoms with van der Waals surface area (Å²) in [7, 11) is 0. The summed E-state index contributed by atoms with van der Waals surface area (Å²) in [4.78, 5) is 8.69. The molecule has 18 heavy (non-hydrogen) atoms. The molecule has 1 saturated heterocycles. The Morgan fingerprint density at radius 3 is 2.61 bits per heavy atom. The Balaban J connectivity index is 2.19. The third-order valence-corrected chi connectivity index (χ3v) is 3.33. The summed E-state index contributed by atoms with van der Waals surface area (Å²) < 4.78 is 2.20. The summed E-state index contributed by atoms with van der Waals surface area (Å²) in [6.45, 7) is 7.12. The van der Waals surface area contributed by atoms with E-state index in [1.807, 2.05) is 19.9 Å². The summed E-state index contributed by atoms with van der Waals surface area (Å²) >= 11 is 0. The molecule has 0 spiro atoms. The fourth-order valence-electron chi connectivity index (χ4n) is 2.42. The van der Waals surface area contributed by atoms with E-state index in [1.54, 1.807) is 0 Å². The molecule has 0 aromatic carbocycles. The lowest BCUT2D eigenvalue weighted by atomic mass is 10.1. The molecule has 5 heteroatoms. The van der Waals surface area contributed by atoms with E-state index in [0.717, 1.165) is 17.9 Å². The van der Waals surface area contributed by atoms with E-state index in [4.69, 9.17) is 5.73 Å². The highest BCUT2D eigenvalue weighted by molar-refractivity contribution is 5.86. The smallest absolute Gasteiger partial charge is 0.290 e. The van der Waals surface area contributed by atoms with Gasteiger partial charge in [-0.2, -0.15) is 0 Å². The molecule has 98 valence electrons. The molecular formula is C13H22N5+. The summed E-state index contributed by atoms with van der Waals surface area (Å²) in [5, 5.41) is 3.12. The van der Waals surface area contributed by atoms with Gasteiger partial charge in [0, 0.05) is 11.4 Å². The first-order chi connectivity index (χ1) is 8.56. The predicted octanol–water partition coefficient (Wildman–Crippen LogP) is 1.40. The van der Waals surface area contributed by atoms with Gasteiger partial charge < -0.3 is 0 Å². The number of guanidine groups is 1. The van der Waals surface area contributed by atoms with Crippen molar-refractivity contribution in [3.05, 3.63) is 17.5 Å². The lowest BCUT2D eigenvalue weighted by Gasteiger charge is -2.22. The van der Waals surface area contributed by atoms with Crippen molar-refractivity contribution in [3.8, 4) is 0 Å². The molecule has 1 fully saturated rings. The largest absolute Gasteiger partial charge is 0.351 e. The van der Waals surface area contributed by atoms with Crippen LogP contribution in [0.1, 0.15) is 37.6 Å². The fourth-order valence-corrected chi connectivity index (χ4v) is 2.42. The van der Waals surface area contributed by atoms with Crippen LogP contribution in [0, 0.1) is 13.8 Å². The molecule has 0 saturated carbocycles. The first kappa shape index (κ1) is 12.8. The Kier molecular flexibility index (Phi) is 3.79. The van der Waals surface area contributed by atoms with Gasteiger partial charge in [0.15, 0.2) is 0 Å². The van der Waals surface area contributed by atoms with Gasteiger partial charge in [-0.15, -0.1) is 0 Å². The molecule has 1 aliphatic rings. The lowest BCUT2D eigenvalue weighted by molar-refractivity contribution is -0.573. The van der Waals surface area contributed by atoms with Gasteiger partial charge in [0.05, 0.1) is 12.6 Å². The van der Waals surface area contributed by atoms with E-state index in [2.05, 4.69) is 26.8 Å². The zero-order valence-electron chi connectivity index (χ0n) is 11.4. The number of rotatable bonds is 1. The van der Waals surface area contributed by atoms with Crippen LogP contribution in [0.25, 0.3) is 0 Å². The van der Waals surface area contributed by atoms with Crippen LogP contribution < -0.4 is 11.1 Å². The number of nitrogens with two attached hydrogens (primary N) is 1. The molecule has 0 amide bonds. The predicted molar refractivity (Wildman–Crippen MR) is 72.8 cm³/mol. The third-order valence-electron chi connectivity index (χ3n) is 3.33. The minimum atomic E-state index is 0.483. The first-order valence-electron chi connectivity index (χ1n) is 6.54. The summed E-state index contributed by atoms with van der Waals surface area (Å²) in [5.41, 5.74) is 8.02. The molecule has 3 N–H and O–H groups in total. The minimum Gasteiger partial charge on any atom is -0.290 e. The van der Waals surface area contributed by atoms with Gasteiger partial charge in [-0.1, -0.05) is 0 Å². The molecule has 0 bridgehead atoms. The van der Waals surface area contributed by atoms with Crippen LogP contribution in [0.2, 0.25) is 0 Å². The highest BCUT2D eigenvalue weighted by Crippen LogP contribution is 2.12. The Labute approximate surface area is 108 Å². The molecule has 2 rings (SSSR count). The summed E-state index contributed by atoms with van der Waals surface area (Å²) in [6, 6.07) is 2.43. The molecule has 1 aliphatic heterocycles. The molecule has 1 aromatic heterocycles. The summed E-state index contributed by atoms with van der Waals surface area (Å²) in [5.74, 6) is 1.25. The molecule has 0 aliphatic carbocycles. The maximum absolute atomic E-state index is 6.12. The van der Waals surface area contributed by atoms with Crippen molar-refractivity contribution in [1.82, 2.24) is 9.97 Å². The molecule has 0 unspecified atom stereocenters. The number of nitrogens with one attached hydrogen (secondary N) is 1. The van der Waals surface area contributed by atoms with Gasteiger partial charge in [-0.25, -0.2) is 15.3 Å². The van der Waals surface area contributed by atoms with Crippen LogP contribution in [0.3, 0.4) is 0 Å². The molecule has 5 nitrogen and oxygen atoms in total. The average molecular weight is 248 g/mol.